The molecular formula is C13H27NO. The van der Waals surface area contributed by atoms with Crippen molar-refractivity contribution in [1.29, 1.82) is 0 Å². The lowest BCUT2D eigenvalue weighted by Crippen LogP contribution is -2.43. The standard InChI is InChI=1S/C13H27NO/c1-13(2)9-6-4-5-8-12(13)14(3)10-7-11-15/h12,15H,4-11H2,1-3H3. The number of hydrogen-bond donors (Lipinski definition) is 1. The second-order valence-electron chi connectivity index (χ2n) is 5.66. The third kappa shape index (κ3) is 3.76. The normalized spacial score (nSPS) is 26.6. The molecule has 0 aromatic heterocycles. The lowest BCUT2D eigenvalue weighted by molar-refractivity contribution is 0.0966. The van der Waals surface area contributed by atoms with Gasteiger partial charge in [0.25, 0.3) is 0 Å². The van der Waals surface area contributed by atoms with E-state index in [0.29, 0.717) is 18.1 Å². The maximum Gasteiger partial charge on any atom is 0.0443 e. The quantitative estimate of drug-likeness (QED) is 0.726. The molecule has 1 unspecified atom stereocenters. The van der Waals surface area contributed by atoms with E-state index in [2.05, 4.69) is 25.8 Å². The predicted octanol–water partition coefficient (Wildman–Crippen LogP) is 2.66. The maximum absolute atomic E-state index is 8.87. The average Bonchev–Trinajstić information content (AvgIpc) is 2.35. The van der Waals surface area contributed by atoms with Crippen molar-refractivity contribution >= 4 is 0 Å². The lowest BCUT2D eigenvalue weighted by Gasteiger charge is -2.39. The van der Waals surface area contributed by atoms with Crippen molar-refractivity contribution in [2.45, 2.75) is 58.4 Å². The SMILES string of the molecule is CN(CCCO)C1CCCCCC1(C)C. The Bertz CT molecular complexity index is 179. The molecule has 1 aliphatic carbocycles. The van der Waals surface area contributed by atoms with Crippen LogP contribution in [-0.4, -0.2) is 36.2 Å². The zero-order chi connectivity index (χ0) is 11.3. The van der Waals surface area contributed by atoms with Crippen LogP contribution in [0.25, 0.3) is 0 Å². The second kappa shape index (κ2) is 5.86. The van der Waals surface area contributed by atoms with E-state index >= 15 is 0 Å². The fourth-order valence-electron chi connectivity index (χ4n) is 2.95. The smallest absolute Gasteiger partial charge is 0.0443 e. The topological polar surface area (TPSA) is 23.5 Å². The molecule has 1 saturated carbocycles. The molecule has 1 N–H and O–H groups in total. The van der Waals surface area contributed by atoms with Crippen LogP contribution in [-0.2, 0) is 0 Å². The molecule has 15 heavy (non-hydrogen) atoms. The summed E-state index contributed by atoms with van der Waals surface area (Å²) in [6, 6.07) is 0.701. The molecule has 1 aliphatic rings. The highest BCUT2D eigenvalue weighted by Crippen LogP contribution is 2.36. The van der Waals surface area contributed by atoms with Crippen LogP contribution in [0.2, 0.25) is 0 Å². The van der Waals surface area contributed by atoms with Gasteiger partial charge in [0.2, 0.25) is 0 Å². The minimum Gasteiger partial charge on any atom is -0.396 e. The molecule has 0 spiro atoms. The molecule has 0 aromatic rings. The van der Waals surface area contributed by atoms with Gasteiger partial charge in [-0.1, -0.05) is 33.1 Å². The van der Waals surface area contributed by atoms with Crippen LogP contribution in [0.5, 0.6) is 0 Å². The molecule has 0 radical (unpaired) electrons. The molecule has 0 saturated heterocycles. The summed E-state index contributed by atoms with van der Waals surface area (Å²) >= 11 is 0. The van der Waals surface area contributed by atoms with Crippen LogP contribution in [0.1, 0.15) is 52.4 Å². The number of aliphatic hydroxyl groups is 1. The lowest BCUT2D eigenvalue weighted by atomic mass is 9.79. The summed E-state index contributed by atoms with van der Waals surface area (Å²) in [6.45, 7) is 6.15. The van der Waals surface area contributed by atoms with Crippen molar-refractivity contribution in [2.24, 2.45) is 5.41 Å². The van der Waals surface area contributed by atoms with Gasteiger partial charge in [-0.3, -0.25) is 0 Å². The van der Waals surface area contributed by atoms with Crippen molar-refractivity contribution in [3.8, 4) is 0 Å². The first kappa shape index (κ1) is 13.0. The van der Waals surface area contributed by atoms with E-state index in [4.69, 9.17) is 5.11 Å². The summed E-state index contributed by atoms with van der Waals surface area (Å²) in [7, 11) is 2.22. The van der Waals surface area contributed by atoms with E-state index in [9.17, 15) is 0 Å². The van der Waals surface area contributed by atoms with Gasteiger partial charge in [-0.2, -0.15) is 0 Å². The van der Waals surface area contributed by atoms with Crippen molar-refractivity contribution in [3.05, 3.63) is 0 Å². The summed E-state index contributed by atoms with van der Waals surface area (Å²) in [5.74, 6) is 0. The van der Waals surface area contributed by atoms with Crippen LogP contribution < -0.4 is 0 Å². The summed E-state index contributed by atoms with van der Waals surface area (Å²) in [5, 5.41) is 8.87. The highest BCUT2D eigenvalue weighted by molar-refractivity contribution is 4.87. The van der Waals surface area contributed by atoms with Crippen molar-refractivity contribution in [1.82, 2.24) is 4.90 Å². The number of rotatable bonds is 4. The zero-order valence-corrected chi connectivity index (χ0v) is 10.6. The monoisotopic (exact) mass is 213 g/mol. The molecule has 1 fully saturated rings. The van der Waals surface area contributed by atoms with Crippen LogP contribution >= 0.6 is 0 Å². The van der Waals surface area contributed by atoms with Gasteiger partial charge in [0.1, 0.15) is 0 Å². The van der Waals surface area contributed by atoms with Gasteiger partial charge in [-0.15, -0.1) is 0 Å². The largest absolute Gasteiger partial charge is 0.396 e. The summed E-state index contributed by atoms with van der Waals surface area (Å²) in [6.07, 6.45) is 7.74. The Morgan fingerprint density at radius 3 is 2.67 bits per heavy atom. The van der Waals surface area contributed by atoms with Gasteiger partial charge in [-0.25, -0.2) is 0 Å². The predicted molar refractivity (Wildman–Crippen MR) is 65.0 cm³/mol. The second-order valence-corrected chi connectivity index (χ2v) is 5.66. The first-order valence-electron chi connectivity index (χ1n) is 6.39. The van der Waals surface area contributed by atoms with Crippen molar-refractivity contribution in [2.75, 3.05) is 20.2 Å². The molecule has 1 atom stereocenters. The van der Waals surface area contributed by atoms with Gasteiger partial charge in [0.15, 0.2) is 0 Å². The third-order valence-corrected chi connectivity index (χ3v) is 3.90. The van der Waals surface area contributed by atoms with E-state index in [1.807, 2.05) is 0 Å². The molecule has 1 rings (SSSR count). The maximum atomic E-state index is 8.87. The highest BCUT2D eigenvalue weighted by atomic mass is 16.3. The number of nitrogens with zero attached hydrogens (tertiary/aromatic N) is 1. The van der Waals surface area contributed by atoms with E-state index in [1.54, 1.807) is 0 Å². The van der Waals surface area contributed by atoms with Crippen LogP contribution in [0.3, 0.4) is 0 Å². The van der Waals surface area contributed by atoms with Gasteiger partial charge in [-0.05, 0) is 31.7 Å². The Morgan fingerprint density at radius 1 is 1.27 bits per heavy atom. The van der Waals surface area contributed by atoms with Crippen molar-refractivity contribution in [3.63, 3.8) is 0 Å². The summed E-state index contributed by atoms with van der Waals surface area (Å²) < 4.78 is 0. The Labute approximate surface area is 94.7 Å². The Balaban J connectivity index is 2.54. The van der Waals surface area contributed by atoms with Crippen LogP contribution in [0, 0.1) is 5.41 Å². The van der Waals surface area contributed by atoms with Gasteiger partial charge in [0, 0.05) is 19.2 Å². The Kier molecular flexibility index (Phi) is 5.07. The first-order chi connectivity index (χ1) is 7.08. The molecular weight excluding hydrogens is 186 g/mol. The Hall–Kier alpha value is -0.0800. The Morgan fingerprint density at radius 2 is 2.00 bits per heavy atom. The summed E-state index contributed by atoms with van der Waals surface area (Å²) in [5.41, 5.74) is 0.445. The minimum atomic E-state index is 0.317. The fraction of sp³-hybridized carbons (Fsp3) is 1.00. The van der Waals surface area contributed by atoms with E-state index in [1.165, 1.54) is 32.1 Å². The molecule has 0 aromatic carbocycles. The third-order valence-electron chi connectivity index (χ3n) is 3.90. The van der Waals surface area contributed by atoms with Crippen molar-refractivity contribution < 1.29 is 5.11 Å². The number of aliphatic hydroxyl groups excluding tert-OH is 1. The zero-order valence-electron chi connectivity index (χ0n) is 10.6. The molecule has 2 nitrogen and oxygen atoms in total. The molecule has 90 valence electrons. The average molecular weight is 213 g/mol. The highest BCUT2D eigenvalue weighted by Gasteiger charge is 2.32. The molecule has 2 heteroatoms. The van der Waals surface area contributed by atoms with Crippen LogP contribution in [0.15, 0.2) is 0 Å². The molecule has 0 aliphatic heterocycles. The number of hydrogen-bond acceptors (Lipinski definition) is 2. The van der Waals surface area contributed by atoms with Gasteiger partial charge < -0.3 is 10.0 Å². The molecule has 0 heterocycles. The van der Waals surface area contributed by atoms with Gasteiger partial charge in [0.05, 0.1) is 0 Å². The van der Waals surface area contributed by atoms with E-state index < -0.39 is 0 Å². The molecule has 0 bridgehead atoms. The van der Waals surface area contributed by atoms with E-state index in [-0.39, 0.29) is 0 Å². The summed E-state index contributed by atoms with van der Waals surface area (Å²) in [4.78, 5) is 2.46. The first-order valence-corrected chi connectivity index (χ1v) is 6.39. The minimum absolute atomic E-state index is 0.317. The fourth-order valence-corrected chi connectivity index (χ4v) is 2.95. The van der Waals surface area contributed by atoms with Gasteiger partial charge >= 0.3 is 0 Å². The van der Waals surface area contributed by atoms with Crippen LogP contribution in [0.4, 0.5) is 0 Å². The van der Waals surface area contributed by atoms with E-state index in [0.717, 1.165) is 13.0 Å². The molecule has 0 amide bonds.